The fourth-order valence-electron chi connectivity index (χ4n) is 3.51. The maximum absolute atomic E-state index is 11.5. The molecule has 0 bridgehead atoms. The van der Waals surface area contributed by atoms with Gasteiger partial charge < -0.3 is 19.5 Å². The third kappa shape index (κ3) is 4.35. The zero-order valence-corrected chi connectivity index (χ0v) is 17.7. The van der Waals surface area contributed by atoms with Crippen LogP contribution in [0, 0.1) is 0 Å². The van der Waals surface area contributed by atoms with Gasteiger partial charge in [0.1, 0.15) is 0 Å². The lowest BCUT2D eigenvalue weighted by Crippen LogP contribution is -2.31. The van der Waals surface area contributed by atoms with Gasteiger partial charge in [-0.3, -0.25) is 9.78 Å². The average molecular weight is 401 g/mol. The van der Waals surface area contributed by atoms with Crippen molar-refractivity contribution in [2.45, 2.75) is 51.2 Å². The molecular weight excluding hydrogens is 372 g/mol. The van der Waals surface area contributed by atoms with E-state index in [1.54, 1.807) is 6.20 Å². The Bertz CT molecular complexity index is 828. The minimum atomic E-state index is -0.199. The first-order valence-corrected chi connectivity index (χ1v) is 9.95. The highest BCUT2D eigenvalue weighted by atomic mass is 32.1. The van der Waals surface area contributed by atoms with Crippen molar-refractivity contribution in [3.63, 3.8) is 0 Å². The van der Waals surface area contributed by atoms with E-state index in [9.17, 15) is 4.79 Å². The van der Waals surface area contributed by atoms with Gasteiger partial charge in [0.05, 0.1) is 24.9 Å². The Hall–Kier alpha value is -2.41. The summed E-state index contributed by atoms with van der Waals surface area (Å²) in [6.45, 7) is 7.21. The topological polar surface area (TPSA) is 59.4 Å². The molecule has 0 saturated carbocycles. The first-order chi connectivity index (χ1) is 13.3. The predicted molar refractivity (Wildman–Crippen MR) is 113 cm³/mol. The second-order valence-corrected chi connectivity index (χ2v) is 8.41. The molecule has 2 aromatic rings. The molecule has 0 aromatic carbocycles. The van der Waals surface area contributed by atoms with Crippen molar-refractivity contribution in [2.24, 2.45) is 0 Å². The Morgan fingerprint density at radius 1 is 1.32 bits per heavy atom. The van der Waals surface area contributed by atoms with Crippen LogP contribution in [0.5, 0.6) is 0 Å². The van der Waals surface area contributed by atoms with E-state index in [1.807, 2.05) is 18.2 Å². The number of esters is 1. The van der Waals surface area contributed by atoms with Crippen LogP contribution in [-0.2, 0) is 15.1 Å². The van der Waals surface area contributed by atoms with Gasteiger partial charge in [0, 0.05) is 37.1 Å². The summed E-state index contributed by atoms with van der Waals surface area (Å²) >= 11 is 5.65. The lowest BCUT2D eigenvalue weighted by molar-refractivity contribution is -0.140. The highest BCUT2D eigenvalue weighted by Gasteiger charge is 2.40. The number of carbonyl (C=O) groups is 1. The van der Waals surface area contributed by atoms with Gasteiger partial charge in [-0.15, -0.1) is 0 Å². The van der Waals surface area contributed by atoms with Crippen LogP contribution in [0.25, 0.3) is 0 Å². The standard InChI is InChI=1S/C21H28N4O2S/c1-21(2,3)24-13-10-15(14-24)19-18(16-8-5-6-11-22-16)23-20(28)25(19)12-7-9-17(26)27-4/h5-6,8,10-11,13-14,18-19H,7,9,12H2,1-4H3,(H,23,28)/t18-,19+/m0/s1. The van der Waals surface area contributed by atoms with E-state index < -0.39 is 0 Å². The summed E-state index contributed by atoms with van der Waals surface area (Å²) < 4.78 is 6.98. The number of hydrogen-bond donors (Lipinski definition) is 1. The number of pyridine rings is 1. The van der Waals surface area contributed by atoms with Gasteiger partial charge in [0.15, 0.2) is 5.11 Å². The van der Waals surface area contributed by atoms with Crippen LogP contribution in [0.1, 0.15) is 57.0 Å². The van der Waals surface area contributed by atoms with Crippen LogP contribution in [0.2, 0.25) is 0 Å². The summed E-state index contributed by atoms with van der Waals surface area (Å²) in [5, 5.41) is 4.13. The molecule has 0 spiro atoms. The fourth-order valence-corrected chi connectivity index (χ4v) is 3.84. The largest absolute Gasteiger partial charge is 0.469 e. The molecule has 3 rings (SSSR count). The summed E-state index contributed by atoms with van der Waals surface area (Å²) in [6, 6.07) is 8.05. The van der Waals surface area contributed by atoms with Crippen molar-refractivity contribution in [1.29, 1.82) is 0 Å². The van der Waals surface area contributed by atoms with Gasteiger partial charge in [-0.2, -0.15) is 0 Å². The minimum Gasteiger partial charge on any atom is -0.469 e. The molecule has 0 unspecified atom stereocenters. The molecule has 1 saturated heterocycles. The number of thiocarbonyl (C=S) groups is 1. The zero-order valence-electron chi connectivity index (χ0n) is 16.9. The van der Waals surface area contributed by atoms with Gasteiger partial charge >= 0.3 is 5.97 Å². The Balaban J connectivity index is 1.90. The lowest BCUT2D eigenvalue weighted by Gasteiger charge is -2.27. The van der Waals surface area contributed by atoms with E-state index in [1.165, 1.54) is 12.7 Å². The fraction of sp³-hybridized carbons (Fsp3) is 0.476. The van der Waals surface area contributed by atoms with E-state index in [0.717, 1.165) is 5.69 Å². The second-order valence-electron chi connectivity index (χ2n) is 8.02. The van der Waals surface area contributed by atoms with Gasteiger partial charge in [-0.05, 0) is 63.2 Å². The van der Waals surface area contributed by atoms with Crippen LogP contribution in [0.4, 0.5) is 0 Å². The van der Waals surface area contributed by atoms with Crippen molar-refractivity contribution in [3.8, 4) is 0 Å². The van der Waals surface area contributed by atoms with Crippen LogP contribution in [0.3, 0.4) is 0 Å². The number of methoxy groups -OCH3 is 1. The molecule has 7 heteroatoms. The van der Waals surface area contributed by atoms with Crippen molar-refractivity contribution < 1.29 is 9.53 Å². The molecule has 28 heavy (non-hydrogen) atoms. The van der Waals surface area contributed by atoms with Crippen molar-refractivity contribution >= 4 is 23.3 Å². The van der Waals surface area contributed by atoms with Gasteiger partial charge in [-0.1, -0.05) is 6.07 Å². The molecule has 150 valence electrons. The van der Waals surface area contributed by atoms with E-state index in [4.69, 9.17) is 17.0 Å². The first kappa shape index (κ1) is 20.3. The number of hydrogen-bond acceptors (Lipinski definition) is 4. The monoisotopic (exact) mass is 400 g/mol. The number of aromatic nitrogens is 2. The molecular formula is C21H28N4O2S. The van der Waals surface area contributed by atoms with Gasteiger partial charge in [0.25, 0.3) is 0 Å². The van der Waals surface area contributed by atoms with E-state index in [2.05, 4.69) is 59.0 Å². The maximum atomic E-state index is 11.5. The highest BCUT2D eigenvalue weighted by molar-refractivity contribution is 7.80. The third-order valence-corrected chi connectivity index (χ3v) is 5.39. The maximum Gasteiger partial charge on any atom is 0.305 e. The molecule has 0 radical (unpaired) electrons. The summed E-state index contributed by atoms with van der Waals surface area (Å²) in [4.78, 5) is 18.2. The predicted octanol–water partition coefficient (Wildman–Crippen LogP) is 3.56. The molecule has 1 N–H and O–H groups in total. The van der Waals surface area contributed by atoms with E-state index in [-0.39, 0.29) is 23.6 Å². The quantitative estimate of drug-likeness (QED) is 0.591. The van der Waals surface area contributed by atoms with Crippen LogP contribution >= 0.6 is 12.2 Å². The Labute approximate surface area is 171 Å². The third-order valence-electron chi connectivity index (χ3n) is 5.04. The lowest BCUT2D eigenvalue weighted by atomic mass is 9.99. The second kappa shape index (κ2) is 8.31. The van der Waals surface area contributed by atoms with Crippen LogP contribution in [-0.4, -0.2) is 39.2 Å². The summed E-state index contributed by atoms with van der Waals surface area (Å²) in [7, 11) is 1.42. The summed E-state index contributed by atoms with van der Waals surface area (Å²) in [5.41, 5.74) is 2.13. The van der Waals surface area contributed by atoms with Crippen molar-refractivity contribution in [1.82, 2.24) is 19.8 Å². The molecule has 6 nitrogen and oxygen atoms in total. The van der Waals surface area contributed by atoms with Gasteiger partial charge in [-0.25, -0.2) is 0 Å². The van der Waals surface area contributed by atoms with Crippen LogP contribution < -0.4 is 5.32 Å². The summed E-state index contributed by atoms with van der Waals surface area (Å²) in [5.74, 6) is -0.199. The zero-order chi connectivity index (χ0) is 20.3. The molecule has 1 aliphatic rings. The van der Waals surface area contributed by atoms with Crippen molar-refractivity contribution in [3.05, 3.63) is 54.1 Å². The summed E-state index contributed by atoms with van der Waals surface area (Å²) in [6.07, 6.45) is 7.15. The smallest absolute Gasteiger partial charge is 0.305 e. The number of nitrogens with one attached hydrogen (secondary N) is 1. The molecule has 1 aliphatic heterocycles. The number of nitrogens with zero attached hydrogens (tertiary/aromatic N) is 3. The Morgan fingerprint density at radius 3 is 2.71 bits per heavy atom. The number of ether oxygens (including phenoxy) is 1. The molecule has 3 heterocycles. The first-order valence-electron chi connectivity index (χ1n) is 9.54. The SMILES string of the molecule is COC(=O)CCCN1C(=S)N[C@@H](c2ccccn2)[C@H]1c1ccn(C(C)(C)C)c1. The van der Waals surface area contributed by atoms with E-state index in [0.29, 0.717) is 24.5 Å². The molecule has 0 amide bonds. The Kier molecular flexibility index (Phi) is 6.03. The highest BCUT2D eigenvalue weighted by Crippen LogP contribution is 2.39. The number of carbonyl (C=O) groups excluding carboxylic acids is 1. The average Bonchev–Trinajstić information content (AvgIpc) is 3.27. The molecule has 2 aromatic heterocycles. The van der Waals surface area contributed by atoms with Crippen molar-refractivity contribution in [2.75, 3.05) is 13.7 Å². The Morgan fingerprint density at radius 2 is 2.11 bits per heavy atom. The molecule has 2 atom stereocenters. The molecule has 1 fully saturated rings. The van der Waals surface area contributed by atoms with Gasteiger partial charge in [0.2, 0.25) is 0 Å². The minimum absolute atomic E-state index is 0.000991. The molecule has 0 aliphatic carbocycles. The number of rotatable bonds is 6. The van der Waals surface area contributed by atoms with E-state index >= 15 is 0 Å². The normalized spacial score (nSPS) is 19.6. The van der Waals surface area contributed by atoms with Crippen LogP contribution in [0.15, 0.2) is 42.9 Å².